The van der Waals surface area contributed by atoms with Gasteiger partial charge in [0.2, 0.25) is 5.91 Å². The van der Waals surface area contributed by atoms with E-state index >= 15 is 0 Å². The number of carbonyl (C=O) groups is 1. The maximum absolute atomic E-state index is 13.3. The number of nitro groups is 1. The summed E-state index contributed by atoms with van der Waals surface area (Å²) in [6.07, 6.45) is 1.99. The Balaban J connectivity index is 1.39. The average Bonchev–Trinajstić information content (AvgIpc) is 3.36. The van der Waals surface area contributed by atoms with Crippen molar-refractivity contribution in [3.8, 4) is 0 Å². The number of furan rings is 1. The number of piperazine rings is 1. The van der Waals surface area contributed by atoms with Crippen molar-refractivity contribution in [2.45, 2.75) is 25.6 Å². The van der Waals surface area contributed by atoms with E-state index in [9.17, 15) is 19.3 Å². The topological polar surface area (TPSA) is 91.9 Å². The summed E-state index contributed by atoms with van der Waals surface area (Å²) in [7, 11) is 0. The minimum Gasteiger partial charge on any atom is -0.467 e. The maximum Gasteiger partial charge on any atom is 0.269 e. The van der Waals surface area contributed by atoms with Gasteiger partial charge in [-0.3, -0.25) is 19.8 Å². The molecule has 176 valence electrons. The van der Waals surface area contributed by atoms with Gasteiger partial charge in [0.25, 0.3) is 5.69 Å². The van der Waals surface area contributed by atoms with Crippen LogP contribution in [0.2, 0.25) is 0 Å². The summed E-state index contributed by atoms with van der Waals surface area (Å²) in [5.74, 6) is -0.0776. The second-order valence-corrected chi connectivity index (χ2v) is 8.80. The lowest BCUT2D eigenvalue weighted by atomic mass is 9.83. The van der Waals surface area contributed by atoms with E-state index in [2.05, 4.69) is 15.1 Å². The number of nitrogens with one attached hydrogen (secondary N) is 1. The Morgan fingerprint density at radius 3 is 2.74 bits per heavy atom. The second kappa shape index (κ2) is 9.26. The number of benzene rings is 2. The summed E-state index contributed by atoms with van der Waals surface area (Å²) in [6.45, 7) is 3.07. The molecule has 1 N–H and O–H groups in total. The SMILES string of the molecule is O=C(NCc1ccco1)C1Cc2cc([N+](=O)[O-])ccc2N2CCN(Cc3ccc(F)cc3)CC12. The van der Waals surface area contributed by atoms with Crippen molar-refractivity contribution < 1.29 is 18.5 Å². The number of carbonyl (C=O) groups excluding carboxylic acids is 1. The molecule has 2 aliphatic heterocycles. The van der Waals surface area contributed by atoms with E-state index in [4.69, 9.17) is 4.42 Å². The molecule has 0 aliphatic carbocycles. The van der Waals surface area contributed by atoms with Crippen LogP contribution >= 0.6 is 0 Å². The summed E-state index contributed by atoms with van der Waals surface area (Å²) in [5.41, 5.74) is 2.81. The largest absolute Gasteiger partial charge is 0.467 e. The van der Waals surface area contributed by atoms with Crippen molar-refractivity contribution in [2.75, 3.05) is 24.5 Å². The number of hydrogen-bond donors (Lipinski definition) is 1. The van der Waals surface area contributed by atoms with Crippen molar-refractivity contribution in [1.29, 1.82) is 0 Å². The van der Waals surface area contributed by atoms with Crippen LogP contribution in [0.5, 0.6) is 0 Å². The number of fused-ring (bicyclic) bond motifs is 3. The number of anilines is 1. The fourth-order valence-electron chi connectivity index (χ4n) is 4.99. The van der Waals surface area contributed by atoms with Gasteiger partial charge in [0, 0.05) is 44.0 Å². The zero-order chi connectivity index (χ0) is 23.7. The third-order valence-corrected chi connectivity index (χ3v) is 6.66. The molecule has 2 aromatic carbocycles. The summed E-state index contributed by atoms with van der Waals surface area (Å²) in [4.78, 5) is 28.7. The first-order chi connectivity index (χ1) is 16.5. The first-order valence-electron chi connectivity index (χ1n) is 11.3. The molecule has 9 heteroatoms. The Morgan fingerprint density at radius 1 is 1.18 bits per heavy atom. The summed E-state index contributed by atoms with van der Waals surface area (Å²) in [5, 5.41) is 14.3. The number of amides is 1. The highest BCUT2D eigenvalue weighted by atomic mass is 19.1. The van der Waals surface area contributed by atoms with Crippen LogP contribution in [-0.4, -0.2) is 41.4 Å². The lowest BCUT2D eigenvalue weighted by Crippen LogP contribution is -2.60. The predicted octanol–water partition coefficient (Wildman–Crippen LogP) is 3.51. The van der Waals surface area contributed by atoms with Crippen molar-refractivity contribution >= 4 is 17.3 Å². The second-order valence-electron chi connectivity index (χ2n) is 8.80. The molecule has 3 aromatic rings. The number of non-ortho nitro benzene ring substituents is 1. The van der Waals surface area contributed by atoms with Gasteiger partial charge in [0.1, 0.15) is 11.6 Å². The standard InChI is InChI=1S/C25H25FN4O4/c26-19-5-3-17(4-6-19)15-28-9-10-29-23-8-7-20(30(32)33)12-18(23)13-22(24(29)16-28)25(31)27-14-21-2-1-11-34-21/h1-8,11-12,22,24H,9-10,13-16H2,(H,27,31). The van der Waals surface area contributed by atoms with Gasteiger partial charge in [-0.25, -0.2) is 4.39 Å². The minimum atomic E-state index is -0.404. The highest BCUT2D eigenvalue weighted by molar-refractivity contribution is 5.82. The van der Waals surface area contributed by atoms with Crippen LogP contribution in [-0.2, 0) is 24.3 Å². The van der Waals surface area contributed by atoms with Crippen molar-refractivity contribution in [1.82, 2.24) is 10.2 Å². The van der Waals surface area contributed by atoms with Gasteiger partial charge in [0.05, 0.1) is 29.7 Å². The van der Waals surface area contributed by atoms with Gasteiger partial charge in [-0.1, -0.05) is 12.1 Å². The molecule has 3 heterocycles. The summed E-state index contributed by atoms with van der Waals surface area (Å²) >= 11 is 0. The predicted molar refractivity (Wildman–Crippen MR) is 124 cm³/mol. The first-order valence-corrected chi connectivity index (χ1v) is 11.3. The van der Waals surface area contributed by atoms with Gasteiger partial charge >= 0.3 is 0 Å². The lowest BCUT2D eigenvalue weighted by molar-refractivity contribution is -0.384. The van der Waals surface area contributed by atoms with Crippen LogP contribution in [0.4, 0.5) is 15.8 Å². The zero-order valence-electron chi connectivity index (χ0n) is 18.5. The highest BCUT2D eigenvalue weighted by Gasteiger charge is 2.42. The monoisotopic (exact) mass is 464 g/mol. The van der Waals surface area contributed by atoms with E-state index in [-0.39, 0.29) is 35.9 Å². The van der Waals surface area contributed by atoms with Gasteiger partial charge in [-0.05, 0) is 47.9 Å². The maximum atomic E-state index is 13.3. The molecule has 5 rings (SSSR count). The fraction of sp³-hybridized carbons (Fsp3) is 0.320. The average molecular weight is 464 g/mol. The summed E-state index contributed by atoms with van der Waals surface area (Å²) in [6, 6.07) is 14.9. The number of rotatable bonds is 6. The molecule has 2 unspecified atom stereocenters. The quantitative estimate of drug-likeness (QED) is 0.444. The number of hydrogen-bond acceptors (Lipinski definition) is 6. The van der Waals surface area contributed by atoms with Crippen LogP contribution in [0.3, 0.4) is 0 Å². The summed E-state index contributed by atoms with van der Waals surface area (Å²) < 4.78 is 18.6. The van der Waals surface area contributed by atoms with Crippen molar-refractivity contribution in [2.24, 2.45) is 5.92 Å². The van der Waals surface area contributed by atoms with Crippen molar-refractivity contribution in [3.05, 3.63) is 93.7 Å². The molecule has 0 radical (unpaired) electrons. The van der Waals surface area contributed by atoms with Gasteiger partial charge < -0.3 is 14.6 Å². The third kappa shape index (κ3) is 4.51. The zero-order valence-corrected chi connectivity index (χ0v) is 18.5. The van der Waals surface area contributed by atoms with Crippen LogP contribution < -0.4 is 10.2 Å². The van der Waals surface area contributed by atoms with Gasteiger partial charge in [0.15, 0.2) is 0 Å². The Kier molecular flexibility index (Phi) is 6.02. The van der Waals surface area contributed by atoms with Crippen LogP contribution in [0.15, 0.2) is 65.3 Å². The van der Waals surface area contributed by atoms with E-state index in [1.807, 2.05) is 0 Å². The molecular weight excluding hydrogens is 439 g/mol. The Hall–Kier alpha value is -3.72. The molecule has 1 fully saturated rings. The fourth-order valence-corrected chi connectivity index (χ4v) is 4.99. The van der Waals surface area contributed by atoms with Crippen molar-refractivity contribution in [3.63, 3.8) is 0 Å². The molecule has 0 bridgehead atoms. The van der Waals surface area contributed by atoms with E-state index < -0.39 is 4.92 Å². The molecule has 8 nitrogen and oxygen atoms in total. The third-order valence-electron chi connectivity index (χ3n) is 6.66. The smallest absolute Gasteiger partial charge is 0.269 e. The van der Waals surface area contributed by atoms with Crippen LogP contribution in [0.1, 0.15) is 16.9 Å². The van der Waals surface area contributed by atoms with E-state index in [0.717, 1.165) is 23.4 Å². The molecule has 2 atom stereocenters. The Labute approximate surface area is 196 Å². The van der Waals surface area contributed by atoms with E-state index in [1.165, 1.54) is 18.2 Å². The Morgan fingerprint density at radius 2 is 2.00 bits per heavy atom. The molecule has 0 saturated carbocycles. The molecular formula is C25H25FN4O4. The molecule has 0 spiro atoms. The van der Waals surface area contributed by atoms with Gasteiger partial charge in [-0.15, -0.1) is 0 Å². The molecule has 1 saturated heterocycles. The molecule has 1 aromatic heterocycles. The van der Waals surface area contributed by atoms with Crippen LogP contribution in [0, 0.1) is 21.8 Å². The number of halogens is 1. The number of nitrogens with zero attached hydrogens (tertiary/aromatic N) is 3. The first kappa shape index (κ1) is 22.1. The van der Waals surface area contributed by atoms with E-state index in [0.29, 0.717) is 31.8 Å². The van der Waals surface area contributed by atoms with E-state index in [1.54, 1.807) is 42.7 Å². The normalized spacial score (nSPS) is 19.9. The highest BCUT2D eigenvalue weighted by Crippen LogP contribution is 2.38. The number of nitro benzene ring substituents is 1. The molecule has 34 heavy (non-hydrogen) atoms. The lowest BCUT2D eigenvalue weighted by Gasteiger charge is -2.49. The van der Waals surface area contributed by atoms with Crippen LogP contribution in [0.25, 0.3) is 0 Å². The van der Waals surface area contributed by atoms with Gasteiger partial charge in [-0.2, -0.15) is 0 Å². The molecule has 1 amide bonds. The Bertz CT molecular complexity index is 1180. The minimum absolute atomic E-state index is 0.0295. The molecule has 2 aliphatic rings.